The Kier molecular flexibility index (Phi) is 5.05. The van der Waals surface area contributed by atoms with Crippen LogP contribution in [0, 0.1) is 0 Å². The molecule has 20 heavy (non-hydrogen) atoms. The lowest BCUT2D eigenvalue weighted by molar-refractivity contribution is 0.128. The number of rotatable bonds is 6. The fourth-order valence-corrected chi connectivity index (χ4v) is 1.59. The van der Waals surface area contributed by atoms with Crippen LogP contribution in [0.5, 0.6) is 11.6 Å². The number of anilines is 1. The van der Waals surface area contributed by atoms with Gasteiger partial charge in [-0.25, -0.2) is 10.8 Å². The summed E-state index contributed by atoms with van der Waals surface area (Å²) in [7, 11) is 0. The molecule has 0 spiro atoms. The smallest absolute Gasteiger partial charge is 0.224 e. The fourth-order valence-electron chi connectivity index (χ4n) is 1.43. The molecule has 2 heterocycles. The molecule has 2 aromatic heterocycles. The van der Waals surface area contributed by atoms with Crippen LogP contribution in [0.15, 0.2) is 24.5 Å². The lowest BCUT2D eigenvalue weighted by Crippen LogP contribution is -2.11. The minimum absolute atomic E-state index is 0.274. The van der Waals surface area contributed by atoms with Gasteiger partial charge in [-0.15, -0.1) is 0 Å². The molecule has 0 atom stereocenters. The zero-order chi connectivity index (χ0) is 14.4. The van der Waals surface area contributed by atoms with E-state index in [9.17, 15) is 0 Å². The summed E-state index contributed by atoms with van der Waals surface area (Å²) in [6.07, 6.45) is 3.05. The predicted molar refractivity (Wildman–Crippen MR) is 74.5 cm³/mol. The summed E-state index contributed by atoms with van der Waals surface area (Å²) >= 11 is 5.84. The fraction of sp³-hybridized carbons (Fsp3) is 0.250. The Morgan fingerprint density at radius 3 is 2.85 bits per heavy atom. The Bertz CT molecular complexity index is 582. The van der Waals surface area contributed by atoms with Crippen LogP contribution in [-0.2, 0) is 11.3 Å². The first-order chi connectivity index (χ1) is 9.71. The van der Waals surface area contributed by atoms with Gasteiger partial charge in [0, 0.05) is 24.9 Å². The van der Waals surface area contributed by atoms with Crippen LogP contribution >= 0.6 is 11.6 Å². The highest BCUT2D eigenvalue weighted by molar-refractivity contribution is 6.30. The van der Waals surface area contributed by atoms with Crippen molar-refractivity contribution in [1.29, 1.82) is 0 Å². The monoisotopic (exact) mass is 295 g/mol. The largest absolute Gasteiger partial charge is 0.437 e. The van der Waals surface area contributed by atoms with E-state index in [1.54, 1.807) is 12.1 Å². The first-order valence-electron chi connectivity index (χ1n) is 5.92. The normalized spacial score (nSPS) is 10.3. The predicted octanol–water partition coefficient (Wildman–Crippen LogP) is 2.14. The molecule has 0 aromatic carbocycles. The van der Waals surface area contributed by atoms with E-state index in [0.29, 0.717) is 34.9 Å². The van der Waals surface area contributed by atoms with Crippen molar-refractivity contribution in [3.63, 3.8) is 0 Å². The molecule has 0 radical (unpaired) electrons. The quantitative estimate of drug-likeness (QED) is 0.622. The van der Waals surface area contributed by atoms with Gasteiger partial charge in [-0.05, 0) is 6.92 Å². The van der Waals surface area contributed by atoms with Crippen molar-refractivity contribution in [1.82, 2.24) is 15.0 Å². The van der Waals surface area contributed by atoms with Crippen molar-refractivity contribution in [2.45, 2.75) is 13.5 Å². The van der Waals surface area contributed by atoms with Crippen molar-refractivity contribution < 1.29 is 9.47 Å². The number of nitrogens with zero attached hydrogens (tertiary/aromatic N) is 3. The van der Waals surface area contributed by atoms with E-state index >= 15 is 0 Å². The molecule has 0 aliphatic heterocycles. The number of nitrogens with two attached hydrogens (primary N) is 1. The molecule has 2 rings (SSSR count). The minimum atomic E-state index is 0.274. The molecule has 8 heteroatoms. The van der Waals surface area contributed by atoms with E-state index in [1.165, 1.54) is 12.4 Å². The number of ether oxygens (including phenoxy) is 2. The third-order valence-corrected chi connectivity index (χ3v) is 2.44. The van der Waals surface area contributed by atoms with E-state index in [2.05, 4.69) is 20.4 Å². The molecule has 0 aliphatic rings. The number of hydrazine groups is 1. The molecule has 0 amide bonds. The Morgan fingerprint density at radius 2 is 2.15 bits per heavy atom. The number of aromatic nitrogens is 3. The summed E-state index contributed by atoms with van der Waals surface area (Å²) < 4.78 is 10.8. The zero-order valence-corrected chi connectivity index (χ0v) is 11.6. The van der Waals surface area contributed by atoms with Crippen molar-refractivity contribution in [2.24, 2.45) is 5.84 Å². The summed E-state index contributed by atoms with van der Waals surface area (Å²) in [4.78, 5) is 12.3. The SMILES string of the molecule is CCOCc1nc(NN)cc(Oc2cncc(Cl)c2)n1. The molecular formula is C12H14ClN5O2. The average Bonchev–Trinajstić information content (AvgIpc) is 2.45. The molecule has 106 valence electrons. The number of pyridine rings is 1. The van der Waals surface area contributed by atoms with E-state index < -0.39 is 0 Å². The van der Waals surface area contributed by atoms with Crippen LogP contribution in [0.2, 0.25) is 5.02 Å². The van der Waals surface area contributed by atoms with Crippen LogP contribution in [0.4, 0.5) is 5.82 Å². The maximum atomic E-state index is 5.84. The lowest BCUT2D eigenvalue weighted by atomic mass is 10.4. The third kappa shape index (κ3) is 4.02. The Morgan fingerprint density at radius 1 is 1.30 bits per heavy atom. The number of halogens is 1. The van der Waals surface area contributed by atoms with Gasteiger partial charge in [-0.2, -0.15) is 4.98 Å². The van der Waals surface area contributed by atoms with Gasteiger partial charge >= 0.3 is 0 Å². The average molecular weight is 296 g/mol. The second-order valence-corrected chi connectivity index (χ2v) is 4.17. The van der Waals surface area contributed by atoms with Gasteiger partial charge in [-0.3, -0.25) is 4.98 Å². The molecule has 0 unspecified atom stereocenters. The molecule has 3 N–H and O–H groups in total. The van der Waals surface area contributed by atoms with Gasteiger partial charge in [0.05, 0.1) is 11.2 Å². The van der Waals surface area contributed by atoms with Crippen LogP contribution in [-0.4, -0.2) is 21.6 Å². The second kappa shape index (κ2) is 6.99. The van der Waals surface area contributed by atoms with E-state index in [1.807, 2.05) is 6.92 Å². The van der Waals surface area contributed by atoms with Gasteiger partial charge in [-0.1, -0.05) is 11.6 Å². The molecule has 0 saturated carbocycles. The number of nitrogens with one attached hydrogen (secondary N) is 1. The lowest BCUT2D eigenvalue weighted by Gasteiger charge is -2.09. The van der Waals surface area contributed by atoms with Crippen molar-refractivity contribution >= 4 is 17.4 Å². The van der Waals surface area contributed by atoms with E-state index in [4.69, 9.17) is 26.9 Å². The first kappa shape index (κ1) is 14.4. The maximum absolute atomic E-state index is 5.84. The van der Waals surface area contributed by atoms with Gasteiger partial charge in [0.15, 0.2) is 5.82 Å². The zero-order valence-electron chi connectivity index (χ0n) is 10.8. The minimum Gasteiger partial charge on any atom is -0.437 e. The highest BCUT2D eigenvalue weighted by Crippen LogP contribution is 2.23. The molecular weight excluding hydrogens is 282 g/mol. The third-order valence-electron chi connectivity index (χ3n) is 2.23. The number of hydrogen-bond acceptors (Lipinski definition) is 7. The number of hydrogen-bond donors (Lipinski definition) is 2. The Labute approximate surface area is 121 Å². The van der Waals surface area contributed by atoms with Crippen LogP contribution < -0.4 is 16.0 Å². The number of nitrogen functional groups attached to an aromatic ring is 1. The summed E-state index contributed by atoms with van der Waals surface area (Å²) in [5.74, 6) is 7.06. The highest BCUT2D eigenvalue weighted by atomic mass is 35.5. The molecule has 0 aliphatic carbocycles. The van der Waals surface area contributed by atoms with Gasteiger partial charge in [0.2, 0.25) is 5.88 Å². The highest BCUT2D eigenvalue weighted by Gasteiger charge is 2.07. The second-order valence-electron chi connectivity index (χ2n) is 3.73. The standard InChI is InChI=1S/C12H14ClN5O2/c1-2-19-7-11-16-10(18-14)4-12(17-11)20-9-3-8(13)5-15-6-9/h3-6H,2,7,14H2,1H3,(H,16,17,18). The van der Waals surface area contributed by atoms with Gasteiger partial charge < -0.3 is 14.9 Å². The van der Waals surface area contributed by atoms with Crippen molar-refractivity contribution in [3.05, 3.63) is 35.4 Å². The summed E-state index contributed by atoms with van der Waals surface area (Å²) in [5, 5.41) is 0.475. The van der Waals surface area contributed by atoms with E-state index in [-0.39, 0.29) is 6.61 Å². The summed E-state index contributed by atoms with van der Waals surface area (Å²) in [5.41, 5.74) is 2.45. The summed E-state index contributed by atoms with van der Waals surface area (Å²) in [6.45, 7) is 2.73. The molecule has 0 saturated heterocycles. The summed E-state index contributed by atoms with van der Waals surface area (Å²) in [6, 6.07) is 3.20. The Hall–Kier alpha value is -1.96. The van der Waals surface area contributed by atoms with Crippen LogP contribution in [0.1, 0.15) is 12.7 Å². The molecule has 0 bridgehead atoms. The maximum Gasteiger partial charge on any atom is 0.224 e. The van der Waals surface area contributed by atoms with Crippen molar-refractivity contribution in [3.8, 4) is 11.6 Å². The Balaban J connectivity index is 2.21. The molecule has 7 nitrogen and oxygen atoms in total. The van der Waals surface area contributed by atoms with E-state index in [0.717, 1.165) is 0 Å². The van der Waals surface area contributed by atoms with Crippen LogP contribution in [0.25, 0.3) is 0 Å². The van der Waals surface area contributed by atoms with Gasteiger partial charge in [0.1, 0.15) is 18.2 Å². The topological polar surface area (TPSA) is 95.2 Å². The molecule has 0 fully saturated rings. The van der Waals surface area contributed by atoms with Crippen LogP contribution in [0.3, 0.4) is 0 Å². The van der Waals surface area contributed by atoms with Gasteiger partial charge in [0.25, 0.3) is 0 Å². The van der Waals surface area contributed by atoms with Crippen molar-refractivity contribution in [2.75, 3.05) is 12.0 Å². The molecule has 2 aromatic rings. The first-order valence-corrected chi connectivity index (χ1v) is 6.29.